The minimum absolute atomic E-state index is 0.0125. The number of piperidine rings is 1. The predicted molar refractivity (Wildman–Crippen MR) is 142 cm³/mol. The molecule has 2 N–H and O–H groups in total. The third-order valence-electron chi connectivity index (χ3n) is 9.12. The lowest BCUT2D eigenvalue weighted by atomic mass is 9.61. The Labute approximate surface area is 223 Å². The molecule has 2 amide bonds. The summed E-state index contributed by atoms with van der Waals surface area (Å²) in [5, 5.41) is 14.4. The molecule has 3 aliphatic heterocycles. The highest BCUT2D eigenvalue weighted by atomic mass is 16.5. The van der Waals surface area contributed by atoms with Crippen LogP contribution in [0.15, 0.2) is 42.5 Å². The Morgan fingerprint density at radius 2 is 1.92 bits per heavy atom. The number of hydrogen-bond donors (Lipinski definition) is 2. The Bertz CT molecular complexity index is 1200. The number of fused-ring (bicyclic) bond motifs is 2. The van der Waals surface area contributed by atoms with Crippen molar-refractivity contribution in [1.82, 2.24) is 15.1 Å². The van der Waals surface area contributed by atoms with Crippen molar-refractivity contribution in [3.05, 3.63) is 64.7 Å². The van der Waals surface area contributed by atoms with Crippen molar-refractivity contribution in [3.8, 4) is 5.75 Å². The molecule has 3 heterocycles. The van der Waals surface area contributed by atoms with Crippen molar-refractivity contribution >= 4 is 11.8 Å². The van der Waals surface area contributed by atoms with Gasteiger partial charge >= 0.3 is 0 Å². The molecule has 4 aliphatic rings. The van der Waals surface area contributed by atoms with Gasteiger partial charge in [-0.3, -0.25) is 9.59 Å². The predicted octanol–water partition coefficient (Wildman–Crippen LogP) is 2.63. The van der Waals surface area contributed by atoms with Crippen molar-refractivity contribution in [3.63, 3.8) is 0 Å². The summed E-state index contributed by atoms with van der Waals surface area (Å²) in [6, 6.07) is 13.3. The quantitative estimate of drug-likeness (QED) is 0.631. The minimum atomic E-state index is -0.702. The van der Waals surface area contributed by atoms with Crippen LogP contribution in [0.2, 0.25) is 0 Å². The van der Waals surface area contributed by atoms with Crippen molar-refractivity contribution in [2.75, 3.05) is 39.9 Å². The van der Waals surface area contributed by atoms with Crippen LogP contribution in [-0.2, 0) is 17.7 Å². The monoisotopic (exact) mass is 519 g/mol. The fraction of sp³-hybridized carbons (Fsp3) is 0.533. The molecule has 202 valence electrons. The van der Waals surface area contributed by atoms with Gasteiger partial charge in [0.2, 0.25) is 0 Å². The second kappa shape index (κ2) is 10.3. The second-order valence-corrected chi connectivity index (χ2v) is 11.4. The largest absolute Gasteiger partial charge is 0.491 e. The summed E-state index contributed by atoms with van der Waals surface area (Å²) in [6.45, 7) is 3.13. The van der Waals surface area contributed by atoms with E-state index in [9.17, 15) is 14.7 Å². The van der Waals surface area contributed by atoms with Crippen LogP contribution in [0.3, 0.4) is 0 Å². The molecule has 2 aromatic rings. The van der Waals surface area contributed by atoms with Crippen LogP contribution < -0.4 is 10.1 Å². The van der Waals surface area contributed by atoms with Gasteiger partial charge < -0.3 is 29.7 Å². The fourth-order valence-electron chi connectivity index (χ4n) is 6.62. The van der Waals surface area contributed by atoms with Crippen LogP contribution >= 0.6 is 0 Å². The van der Waals surface area contributed by atoms with Crippen LogP contribution in [0, 0.1) is 5.41 Å². The number of carbonyl (C=O) groups is 2. The number of aliphatic hydroxyl groups excluding tert-OH is 1. The first-order chi connectivity index (χ1) is 18.4. The molecule has 2 aromatic carbocycles. The van der Waals surface area contributed by atoms with E-state index in [1.165, 1.54) is 11.1 Å². The molecule has 0 bridgehead atoms. The average Bonchev–Trinajstić information content (AvgIpc) is 3.09. The highest BCUT2D eigenvalue weighted by molar-refractivity contribution is 6.00. The van der Waals surface area contributed by atoms with Gasteiger partial charge in [-0.15, -0.1) is 0 Å². The van der Waals surface area contributed by atoms with Gasteiger partial charge in [-0.1, -0.05) is 24.3 Å². The number of nitrogens with zero attached hydrogens (tertiary/aromatic N) is 2. The van der Waals surface area contributed by atoms with Crippen molar-refractivity contribution < 1.29 is 24.2 Å². The lowest BCUT2D eigenvalue weighted by Gasteiger charge is -2.51. The zero-order valence-corrected chi connectivity index (χ0v) is 22.0. The summed E-state index contributed by atoms with van der Waals surface area (Å²) in [6.07, 6.45) is 4.60. The van der Waals surface area contributed by atoms with Crippen molar-refractivity contribution in [2.45, 2.75) is 56.9 Å². The SMILES string of the molecule is COC1CC2(CCN(C(=O)c3ccc4c(c3)OCCN(CC(O)C3Cc5ccccc5CN3)C4=O)CC2)C1. The number of carbonyl (C=O) groups excluding carboxylic acids is 2. The third-order valence-corrected chi connectivity index (χ3v) is 9.12. The van der Waals surface area contributed by atoms with E-state index < -0.39 is 6.10 Å². The Hall–Kier alpha value is -2.94. The number of amides is 2. The molecule has 0 aromatic heterocycles. The maximum atomic E-state index is 13.4. The molecule has 6 rings (SSSR count). The molecule has 0 radical (unpaired) electrons. The molecular formula is C30H37N3O5. The number of nitrogens with one attached hydrogen (secondary N) is 1. The minimum Gasteiger partial charge on any atom is -0.491 e. The first-order valence-electron chi connectivity index (χ1n) is 13.8. The zero-order chi connectivity index (χ0) is 26.3. The van der Waals surface area contributed by atoms with E-state index >= 15 is 0 Å². The zero-order valence-electron chi connectivity index (χ0n) is 22.0. The molecule has 8 nitrogen and oxygen atoms in total. The van der Waals surface area contributed by atoms with E-state index in [4.69, 9.17) is 9.47 Å². The highest BCUT2D eigenvalue weighted by Crippen LogP contribution is 2.50. The highest BCUT2D eigenvalue weighted by Gasteiger charge is 2.46. The summed E-state index contributed by atoms with van der Waals surface area (Å²) >= 11 is 0. The van der Waals surface area contributed by atoms with Crippen LogP contribution in [0.1, 0.15) is 57.5 Å². The molecule has 2 atom stereocenters. The topological polar surface area (TPSA) is 91.3 Å². The number of benzene rings is 2. The van der Waals surface area contributed by atoms with Crippen molar-refractivity contribution in [1.29, 1.82) is 0 Å². The molecule has 1 saturated carbocycles. The van der Waals surface area contributed by atoms with Crippen LogP contribution in [0.4, 0.5) is 0 Å². The van der Waals surface area contributed by atoms with E-state index in [1.54, 1.807) is 30.2 Å². The summed E-state index contributed by atoms with van der Waals surface area (Å²) < 4.78 is 11.4. The number of likely N-dealkylation sites (tertiary alicyclic amines) is 1. The van der Waals surface area contributed by atoms with Crippen LogP contribution in [0.5, 0.6) is 5.75 Å². The number of β-amino-alcohol motifs (C(OH)–C–C–N with tert-alkyl or cyclic N) is 1. The van der Waals surface area contributed by atoms with Crippen LogP contribution in [-0.4, -0.2) is 84.9 Å². The van der Waals surface area contributed by atoms with Gasteiger partial charge in [-0.05, 0) is 66.8 Å². The first kappa shape index (κ1) is 25.3. The van der Waals surface area contributed by atoms with Gasteiger partial charge in [-0.25, -0.2) is 0 Å². The molecule has 1 aliphatic carbocycles. The molecular weight excluding hydrogens is 482 g/mol. The lowest BCUT2D eigenvalue weighted by Crippen LogP contribution is -2.50. The Balaban J connectivity index is 1.09. The smallest absolute Gasteiger partial charge is 0.257 e. The van der Waals surface area contributed by atoms with Gasteiger partial charge in [0, 0.05) is 44.9 Å². The Kier molecular flexibility index (Phi) is 6.88. The maximum Gasteiger partial charge on any atom is 0.257 e. The number of aliphatic hydroxyl groups is 1. The normalized spacial score (nSPS) is 23.6. The third kappa shape index (κ3) is 4.81. The van der Waals surface area contributed by atoms with Gasteiger partial charge in [0.15, 0.2) is 0 Å². The summed E-state index contributed by atoms with van der Waals surface area (Å²) in [7, 11) is 1.77. The van der Waals surface area contributed by atoms with E-state index in [0.717, 1.165) is 45.2 Å². The molecule has 8 heteroatoms. The van der Waals surface area contributed by atoms with Crippen molar-refractivity contribution in [2.24, 2.45) is 5.41 Å². The standard InChI is InChI=1S/C30H37N3O5/c1-37-23-16-30(17-23)8-10-32(11-9-30)28(35)21-6-7-24-27(15-21)38-13-12-33(29(24)36)19-26(34)25-14-20-4-2-3-5-22(20)18-31-25/h2-7,15,23,25-26,31,34H,8-14,16-19H2,1H3. The van der Waals surface area contributed by atoms with Crippen LogP contribution in [0.25, 0.3) is 0 Å². The van der Waals surface area contributed by atoms with E-state index in [1.807, 2.05) is 17.0 Å². The summed E-state index contributed by atoms with van der Waals surface area (Å²) in [4.78, 5) is 30.3. The first-order valence-corrected chi connectivity index (χ1v) is 13.8. The van der Waals surface area contributed by atoms with Gasteiger partial charge in [0.1, 0.15) is 12.4 Å². The fourth-order valence-corrected chi connectivity index (χ4v) is 6.62. The number of hydrogen-bond acceptors (Lipinski definition) is 6. The van der Waals surface area contributed by atoms with E-state index in [-0.39, 0.29) is 24.4 Å². The Morgan fingerprint density at radius 1 is 1.16 bits per heavy atom. The van der Waals surface area contributed by atoms with Gasteiger partial charge in [0.25, 0.3) is 11.8 Å². The number of rotatable bonds is 5. The molecule has 2 fully saturated rings. The number of methoxy groups -OCH3 is 1. The van der Waals surface area contributed by atoms with E-state index in [0.29, 0.717) is 48.1 Å². The molecule has 38 heavy (non-hydrogen) atoms. The summed E-state index contributed by atoms with van der Waals surface area (Å²) in [5.41, 5.74) is 3.81. The second-order valence-electron chi connectivity index (χ2n) is 11.4. The van der Waals surface area contributed by atoms with Gasteiger partial charge in [-0.2, -0.15) is 0 Å². The molecule has 2 unspecified atom stereocenters. The maximum absolute atomic E-state index is 13.4. The average molecular weight is 520 g/mol. The summed E-state index contributed by atoms with van der Waals surface area (Å²) in [5.74, 6) is 0.254. The Morgan fingerprint density at radius 3 is 2.68 bits per heavy atom. The molecule has 1 saturated heterocycles. The number of ether oxygens (including phenoxy) is 2. The molecule has 1 spiro atoms. The lowest BCUT2D eigenvalue weighted by molar-refractivity contribution is -0.0841. The van der Waals surface area contributed by atoms with Gasteiger partial charge in [0.05, 0.1) is 24.3 Å². The van der Waals surface area contributed by atoms with E-state index in [2.05, 4.69) is 17.4 Å².